The molecule has 0 aromatic rings. The average Bonchev–Trinajstić information content (AvgIpc) is 3.12. The van der Waals surface area contributed by atoms with Crippen molar-refractivity contribution in [2.24, 2.45) is 23.2 Å². The number of amides is 2. The van der Waals surface area contributed by atoms with Crippen molar-refractivity contribution in [3.8, 4) is 0 Å². The van der Waals surface area contributed by atoms with E-state index in [9.17, 15) is 9.59 Å². The number of piperidine rings is 1. The number of carbonyl (C=O) groups is 2. The summed E-state index contributed by atoms with van der Waals surface area (Å²) in [6.45, 7) is 8.26. The number of fused-ring (bicyclic) bond motifs is 1. The highest BCUT2D eigenvalue weighted by Gasteiger charge is 2.62. The van der Waals surface area contributed by atoms with Gasteiger partial charge >= 0.3 is 6.09 Å². The van der Waals surface area contributed by atoms with Crippen molar-refractivity contribution < 1.29 is 14.3 Å². The van der Waals surface area contributed by atoms with Crippen LogP contribution >= 0.6 is 0 Å². The second-order valence-corrected chi connectivity index (χ2v) is 9.27. The molecule has 0 radical (unpaired) electrons. The summed E-state index contributed by atoms with van der Waals surface area (Å²) in [6, 6.07) is 0.674. The van der Waals surface area contributed by atoms with Crippen LogP contribution in [0.4, 0.5) is 4.79 Å². The molecule has 3 aliphatic heterocycles. The summed E-state index contributed by atoms with van der Waals surface area (Å²) in [7, 11) is 0. The summed E-state index contributed by atoms with van der Waals surface area (Å²) >= 11 is 0. The number of hydrogen-bond acceptors (Lipinski definition) is 4. The van der Waals surface area contributed by atoms with Crippen LogP contribution in [0.5, 0.6) is 0 Å². The van der Waals surface area contributed by atoms with E-state index in [-0.39, 0.29) is 6.09 Å². The fourth-order valence-electron chi connectivity index (χ4n) is 6.21. The molecule has 1 spiro atoms. The molecule has 5 fully saturated rings. The fraction of sp³-hybridized carbons (Fsp3) is 0.900. The molecule has 2 saturated carbocycles. The van der Waals surface area contributed by atoms with Crippen molar-refractivity contribution in [1.82, 2.24) is 14.7 Å². The Morgan fingerprint density at radius 2 is 1.73 bits per heavy atom. The van der Waals surface area contributed by atoms with Gasteiger partial charge in [0.1, 0.15) is 0 Å². The van der Waals surface area contributed by atoms with Crippen LogP contribution in [0.15, 0.2) is 0 Å². The Hall–Kier alpha value is -1.30. The van der Waals surface area contributed by atoms with Gasteiger partial charge in [0.2, 0.25) is 5.91 Å². The summed E-state index contributed by atoms with van der Waals surface area (Å²) < 4.78 is 5.15. The molecule has 6 nitrogen and oxygen atoms in total. The van der Waals surface area contributed by atoms with E-state index in [1.165, 1.54) is 25.7 Å². The molecular formula is C20H31N3O3. The molecule has 0 N–H and O–H groups in total. The van der Waals surface area contributed by atoms with Gasteiger partial charge in [0.25, 0.3) is 0 Å². The van der Waals surface area contributed by atoms with Gasteiger partial charge in [0, 0.05) is 51.2 Å². The molecule has 0 bridgehead atoms. The van der Waals surface area contributed by atoms with Gasteiger partial charge in [0.15, 0.2) is 0 Å². The van der Waals surface area contributed by atoms with Crippen LogP contribution < -0.4 is 0 Å². The van der Waals surface area contributed by atoms with Gasteiger partial charge in [-0.05, 0) is 56.3 Å². The predicted octanol–water partition coefficient (Wildman–Crippen LogP) is 1.80. The van der Waals surface area contributed by atoms with E-state index in [4.69, 9.17) is 4.74 Å². The lowest BCUT2D eigenvalue weighted by Crippen LogP contribution is -2.52. The van der Waals surface area contributed by atoms with E-state index in [1.807, 2.05) is 11.8 Å². The third kappa shape index (κ3) is 2.63. The Morgan fingerprint density at radius 1 is 1.04 bits per heavy atom. The van der Waals surface area contributed by atoms with Crippen molar-refractivity contribution in [2.45, 2.75) is 45.1 Å². The standard InChI is InChI=1S/C20H31N3O3/c1-2-26-19(25)22-8-5-20(13-22)9-14(10-20)23-11-15-16(12-23)17(15)18(24)21-6-3-4-7-21/h14-17H,2-13H2,1H3/t14?,15-,16+,17+,20?. The lowest BCUT2D eigenvalue weighted by molar-refractivity contribution is -0.132. The van der Waals surface area contributed by atoms with Crippen molar-refractivity contribution in [2.75, 3.05) is 45.9 Å². The van der Waals surface area contributed by atoms with Gasteiger partial charge in [-0.1, -0.05) is 0 Å². The van der Waals surface area contributed by atoms with Crippen LogP contribution in [0, 0.1) is 23.2 Å². The minimum atomic E-state index is -0.140. The second kappa shape index (κ2) is 6.11. The van der Waals surface area contributed by atoms with Gasteiger partial charge in [-0.15, -0.1) is 0 Å². The number of hydrogen-bond donors (Lipinski definition) is 0. The van der Waals surface area contributed by atoms with Crippen LogP contribution in [-0.4, -0.2) is 78.6 Å². The van der Waals surface area contributed by atoms with Crippen molar-refractivity contribution in [3.63, 3.8) is 0 Å². The highest BCUT2D eigenvalue weighted by molar-refractivity contribution is 5.83. The topological polar surface area (TPSA) is 53.1 Å². The quantitative estimate of drug-likeness (QED) is 0.769. The first-order chi connectivity index (χ1) is 12.6. The van der Waals surface area contributed by atoms with Crippen molar-refractivity contribution in [3.05, 3.63) is 0 Å². The van der Waals surface area contributed by atoms with E-state index in [1.54, 1.807) is 0 Å². The maximum absolute atomic E-state index is 12.6. The zero-order chi connectivity index (χ0) is 17.9. The molecule has 2 aliphatic carbocycles. The Labute approximate surface area is 155 Å². The molecule has 3 atom stereocenters. The molecule has 0 aromatic heterocycles. The van der Waals surface area contributed by atoms with Crippen LogP contribution in [0.1, 0.15) is 39.0 Å². The summed E-state index contributed by atoms with van der Waals surface area (Å²) in [6.07, 6.45) is 5.79. The number of nitrogens with zero attached hydrogens (tertiary/aromatic N) is 3. The van der Waals surface area contributed by atoms with Crippen LogP contribution in [0.25, 0.3) is 0 Å². The van der Waals surface area contributed by atoms with Gasteiger partial charge in [0.05, 0.1) is 6.61 Å². The smallest absolute Gasteiger partial charge is 0.409 e. The Balaban J connectivity index is 1.09. The maximum atomic E-state index is 12.6. The fourth-order valence-corrected chi connectivity index (χ4v) is 6.21. The minimum Gasteiger partial charge on any atom is -0.450 e. The van der Waals surface area contributed by atoms with E-state index < -0.39 is 0 Å². The predicted molar refractivity (Wildman–Crippen MR) is 96.5 cm³/mol. The zero-order valence-electron chi connectivity index (χ0n) is 15.9. The molecule has 0 unspecified atom stereocenters. The molecule has 5 aliphatic rings. The van der Waals surface area contributed by atoms with Crippen LogP contribution in [0.2, 0.25) is 0 Å². The SMILES string of the molecule is CCOC(=O)N1CCC2(CC(N3C[C@@H]4[C@H](C3)[C@H]4C(=O)N3CCCC3)C2)C1. The highest BCUT2D eigenvalue weighted by Crippen LogP contribution is 2.57. The molecule has 3 heterocycles. The molecular weight excluding hydrogens is 330 g/mol. The van der Waals surface area contributed by atoms with Gasteiger partial charge < -0.3 is 14.5 Å². The first-order valence-electron chi connectivity index (χ1n) is 10.5. The molecule has 5 rings (SSSR count). The van der Waals surface area contributed by atoms with Gasteiger partial charge in [-0.2, -0.15) is 0 Å². The minimum absolute atomic E-state index is 0.140. The molecule has 26 heavy (non-hydrogen) atoms. The molecule has 144 valence electrons. The van der Waals surface area contributed by atoms with E-state index in [0.717, 1.165) is 45.7 Å². The first kappa shape index (κ1) is 16.8. The second-order valence-electron chi connectivity index (χ2n) is 9.27. The molecule has 3 saturated heterocycles. The Bertz CT molecular complexity index is 585. The zero-order valence-corrected chi connectivity index (χ0v) is 15.9. The van der Waals surface area contributed by atoms with Crippen molar-refractivity contribution >= 4 is 12.0 Å². The summed E-state index contributed by atoms with van der Waals surface area (Å²) in [5.41, 5.74) is 0.342. The molecule has 6 heteroatoms. The summed E-state index contributed by atoms with van der Waals surface area (Å²) in [4.78, 5) is 31.2. The van der Waals surface area contributed by atoms with Crippen molar-refractivity contribution in [1.29, 1.82) is 0 Å². The first-order valence-corrected chi connectivity index (χ1v) is 10.5. The van der Waals surface area contributed by atoms with E-state index >= 15 is 0 Å². The maximum Gasteiger partial charge on any atom is 0.409 e. The average molecular weight is 361 g/mol. The molecule has 2 amide bonds. The number of ether oxygens (including phenoxy) is 1. The monoisotopic (exact) mass is 361 g/mol. The Kier molecular flexibility index (Phi) is 3.96. The van der Waals surface area contributed by atoms with Crippen LogP contribution in [0.3, 0.4) is 0 Å². The lowest BCUT2D eigenvalue weighted by atomic mass is 9.64. The number of likely N-dealkylation sites (tertiary alicyclic amines) is 3. The number of rotatable bonds is 3. The lowest BCUT2D eigenvalue weighted by Gasteiger charge is -2.49. The van der Waals surface area contributed by atoms with E-state index in [0.29, 0.717) is 41.7 Å². The third-order valence-electron chi connectivity index (χ3n) is 7.74. The normalized spacial score (nSPS) is 41.4. The van der Waals surface area contributed by atoms with Gasteiger partial charge in [-0.25, -0.2) is 4.79 Å². The van der Waals surface area contributed by atoms with Gasteiger partial charge in [-0.3, -0.25) is 9.69 Å². The largest absolute Gasteiger partial charge is 0.450 e. The Morgan fingerprint density at radius 3 is 2.38 bits per heavy atom. The highest BCUT2D eigenvalue weighted by atomic mass is 16.6. The summed E-state index contributed by atoms with van der Waals surface area (Å²) in [5, 5.41) is 0. The van der Waals surface area contributed by atoms with Crippen LogP contribution in [-0.2, 0) is 9.53 Å². The van der Waals surface area contributed by atoms with E-state index in [2.05, 4.69) is 9.80 Å². The summed E-state index contributed by atoms with van der Waals surface area (Å²) in [5.74, 6) is 2.03. The third-order valence-corrected chi connectivity index (χ3v) is 7.74. The molecule has 0 aromatic carbocycles. The number of carbonyl (C=O) groups excluding carboxylic acids is 2.